The van der Waals surface area contributed by atoms with Gasteiger partial charge in [-0.15, -0.1) is 11.3 Å². The van der Waals surface area contributed by atoms with Crippen LogP contribution in [0.5, 0.6) is 0 Å². The van der Waals surface area contributed by atoms with Gasteiger partial charge < -0.3 is 10.2 Å². The minimum absolute atomic E-state index is 0.171. The monoisotopic (exact) mass is 536 g/mol. The highest BCUT2D eigenvalue weighted by Crippen LogP contribution is 2.62. The Morgan fingerprint density at radius 2 is 1.66 bits per heavy atom. The number of nitrogens with zero attached hydrogens (tertiary/aromatic N) is 1. The maximum atomic E-state index is 14.6. The van der Waals surface area contributed by atoms with Crippen molar-refractivity contribution in [3.63, 3.8) is 0 Å². The van der Waals surface area contributed by atoms with Crippen molar-refractivity contribution in [2.75, 3.05) is 5.32 Å². The van der Waals surface area contributed by atoms with Crippen LogP contribution in [-0.2, 0) is 10.2 Å². The number of Topliss-reactive ketones (excluding diaryl/α,β-unsaturated/α-hetero) is 2. The molecule has 5 nitrogen and oxygen atoms in total. The number of halogens is 1. The third-order valence-corrected chi connectivity index (χ3v) is 9.15. The van der Waals surface area contributed by atoms with Crippen molar-refractivity contribution in [3.8, 4) is 0 Å². The summed E-state index contributed by atoms with van der Waals surface area (Å²) in [4.78, 5) is 45.7. The fourth-order valence-electron chi connectivity index (χ4n) is 6.53. The lowest BCUT2D eigenvalue weighted by Crippen LogP contribution is -2.49. The number of carbonyl (C=O) groups is 3. The van der Waals surface area contributed by atoms with Gasteiger partial charge in [0.15, 0.2) is 11.6 Å². The number of para-hydroxylation sites is 1. The highest BCUT2D eigenvalue weighted by molar-refractivity contribution is 7.12. The molecular formula is C31H21ClN2O3S. The van der Waals surface area contributed by atoms with Gasteiger partial charge in [0.05, 0.1) is 16.8 Å². The van der Waals surface area contributed by atoms with Crippen LogP contribution in [0.2, 0.25) is 5.02 Å². The Morgan fingerprint density at radius 3 is 2.45 bits per heavy atom. The van der Waals surface area contributed by atoms with E-state index in [0.717, 1.165) is 16.7 Å². The fourth-order valence-corrected chi connectivity index (χ4v) is 7.35. The van der Waals surface area contributed by atoms with Gasteiger partial charge >= 0.3 is 0 Å². The number of nitrogens with one attached hydrogen (secondary N) is 1. The van der Waals surface area contributed by atoms with Crippen molar-refractivity contribution in [1.82, 2.24) is 4.90 Å². The van der Waals surface area contributed by atoms with E-state index in [4.69, 9.17) is 11.6 Å². The number of rotatable bonds is 4. The molecule has 4 atom stereocenters. The van der Waals surface area contributed by atoms with Crippen LogP contribution < -0.4 is 5.32 Å². The predicted octanol–water partition coefficient (Wildman–Crippen LogP) is 6.38. The first kappa shape index (κ1) is 23.1. The highest BCUT2D eigenvalue weighted by Gasteiger charge is 2.70. The molecule has 1 spiro atoms. The number of ketones is 2. The Kier molecular flexibility index (Phi) is 5.18. The van der Waals surface area contributed by atoms with Crippen LogP contribution in [0.1, 0.15) is 42.8 Å². The third-order valence-electron chi connectivity index (χ3n) is 8.01. The van der Waals surface area contributed by atoms with Gasteiger partial charge in [-0.1, -0.05) is 60.1 Å². The smallest absolute Gasteiger partial charge is 0.238 e. The summed E-state index contributed by atoms with van der Waals surface area (Å²) in [6.07, 6.45) is 3.84. The molecule has 4 aromatic rings. The molecule has 4 heterocycles. The summed E-state index contributed by atoms with van der Waals surface area (Å²) in [5.41, 5.74) is 2.37. The number of benzene rings is 3. The molecular weight excluding hydrogens is 516 g/mol. The van der Waals surface area contributed by atoms with Crippen LogP contribution in [0.25, 0.3) is 6.08 Å². The Labute approximate surface area is 228 Å². The molecule has 7 rings (SSSR count). The van der Waals surface area contributed by atoms with Gasteiger partial charge in [-0.3, -0.25) is 14.4 Å². The molecule has 0 bridgehead atoms. The molecule has 186 valence electrons. The number of hydrogen-bond donors (Lipinski definition) is 1. The first-order chi connectivity index (χ1) is 18.5. The normalized spacial score (nSPS) is 24.6. The van der Waals surface area contributed by atoms with E-state index in [1.807, 2.05) is 77.2 Å². The average molecular weight is 537 g/mol. The summed E-state index contributed by atoms with van der Waals surface area (Å²) >= 11 is 7.49. The lowest BCUT2D eigenvalue weighted by molar-refractivity contribution is -0.122. The number of anilines is 1. The zero-order valence-corrected chi connectivity index (χ0v) is 21.6. The summed E-state index contributed by atoms with van der Waals surface area (Å²) < 4.78 is 0. The minimum Gasteiger partial charge on any atom is -0.358 e. The molecule has 0 unspecified atom stereocenters. The van der Waals surface area contributed by atoms with Gasteiger partial charge in [0, 0.05) is 22.5 Å². The van der Waals surface area contributed by atoms with Crippen molar-refractivity contribution in [1.29, 1.82) is 0 Å². The van der Waals surface area contributed by atoms with Gasteiger partial charge in [0.2, 0.25) is 5.91 Å². The van der Waals surface area contributed by atoms with Gasteiger partial charge in [-0.2, -0.15) is 0 Å². The van der Waals surface area contributed by atoms with E-state index in [0.29, 0.717) is 21.2 Å². The predicted molar refractivity (Wildman–Crippen MR) is 149 cm³/mol. The molecule has 7 heteroatoms. The molecule has 0 saturated carbocycles. The average Bonchev–Trinajstić information content (AvgIpc) is 3.65. The van der Waals surface area contributed by atoms with Crippen molar-refractivity contribution in [2.45, 2.75) is 17.5 Å². The van der Waals surface area contributed by atoms with Gasteiger partial charge in [-0.05, 0) is 64.5 Å². The molecule has 1 aromatic heterocycles. The number of hydrogen-bond acceptors (Lipinski definition) is 5. The van der Waals surface area contributed by atoms with Crippen LogP contribution in [0.4, 0.5) is 5.69 Å². The molecule has 1 amide bonds. The van der Waals surface area contributed by atoms with Crippen molar-refractivity contribution < 1.29 is 14.4 Å². The molecule has 38 heavy (non-hydrogen) atoms. The maximum absolute atomic E-state index is 14.6. The molecule has 3 aliphatic heterocycles. The molecule has 0 radical (unpaired) electrons. The standard InChI is InChI=1S/C31H21ClN2O3S/c32-20-13-11-19(12-14-20)27(35)25-26(28(36)24-10-5-17-38-24)34-16-15-18-6-1-2-7-21(18)29(34)31(25)22-8-3-4-9-23(22)33-30(31)37/h1-17,25-26,29H,(H,33,37)/t25-,26+,29+,31+/m1/s1. The number of thiophene rings is 1. The lowest BCUT2D eigenvalue weighted by Gasteiger charge is -2.38. The van der Waals surface area contributed by atoms with E-state index in [2.05, 4.69) is 5.32 Å². The SMILES string of the molecule is O=C(c1cccs1)[C@@H]1[C@H](C(=O)c2ccc(Cl)cc2)[C@]2(C(=O)Nc3ccccc32)[C@@H]2c3ccccc3C=CN12. The minimum atomic E-state index is -1.33. The molecule has 3 aliphatic rings. The van der Waals surface area contributed by atoms with Crippen LogP contribution in [0.3, 0.4) is 0 Å². The zero-order chi connectivity index (χ0) is 26.0. The zero-order valence-electron chi connectivity index (χ0n) is 20.0. The molecule has 1 saturated heterocycles. The first-order valence-corrected chi connectivity index (χ1v) is 13.6. The van der Waals surface area contributed by atoms with Gasteiger partial charge in [0.25, 0.3) is 0 Å². The van der Waals surface area contributed by atoms with E-state index < -0.39 is 23.4 Å². The number of carbonyl (C=O) groups excluding carboxylic acids is 3. The second kappa shape index (κ2) is 8.51. The summed E-state index contributed by atoms with van der Waals surface area (Å²) in [5, 5.41) is 5.42. The van der Waals surface area contributed by atoms with Crippen LogP contribution in [-0.4, -0.2) is 28.4 Å². The second-order valence-electron chi connectivity index (χ2n) is 9.80. The van der Waals surface area contributed by atoms with E-state index in [1.54, 1.807) is 30.3 Å². The quantitative estimate of drug-likeness (QED) is 0.307. The van der Waals surface area contributed by atoms with E-state index in [-0.39, 0.29) is 17.5 Å². The summed E-state index contributed by atoms with van der Waals surface area (Å²) in [6.45, 7) is 0. The molecule has 1 N–H and O–H groups in total. The summed E-state index contributed by atoms with van der Waals surface area (Å²) in [7, 11) is 0. The van der Waals surface area contributed by atoms with E-state index >= 15 is 0 Å². The summed E-state index contributed by atoms with van der Waals surface area (Å²) in [6, 6.07) is 24.2. The molecule has 0 aliphatic carbocycles. The van der Waals surface area contributed by atoms with Gasteiger partial charge in [-0.25, -0.2) is 0 Å². The third kappa shape index (κ3) is 3.08. The Bertz CT molecular complexity index is 1650. The number of amides is 1. The van der Waals surface area contributed by atoms with Crippen molar-refractivity contribution in [3.05, 3.63) is 129 Å². The molecule has 1 fully saturated rings. The van der Waals surface area contributed by atoms with Crippen molar-refractivity contribution >= 4 is 52.2 Å². The maximum Gasteiger partial charge on any atom is 0.238 e. The Hall–Kier alpha value is -4.00. The van der Waals surface area contributed by atoms with Crippen LogP contribution in [0.15, 0.2) is 96.5 Å². The highest BCUT2D eigenvalue weighted by atomic mass is 35.5. The van der Waals surface area contributed by atoms with Crippen LogP contribution >= 0.6 is 22.9 Å². The van der Waals surface area contributed by atoms with Crippen molar-refractivity contribution in [2.24, 2.45) is 5.92 Å². The first-order valence-electron chi connectivity index (χ1n) is 12.3. The summed E-state index contributed by atoms with van der Waals surface area (Å²) in [5.74, 6) is -1.69. The largest absolute Gasteiger partial charge is 0.358 e. The Balaban J connectivity index is 1.55. The molecule has 3 aromatic carbocycles. The van der Waals surface area contributed by atoms with E-state index in [1.165, 1.54) is 11.3 Å². The topological polar surface area (TPSA) is 66.5 Å². The van der Waals surface area contributed by atoms with Crippen LogP contribution in [0, 0.1) is 5.92 Å². The Morgan fingerprint density at radius 1 is 0.895 bits per heavy atom. The van der Waals surface area contributed by atoms with E-state index in [9.17, 15) is 14.4 Å². The lowest BCUT2D eigenvalue weighted by atomic mass is 9.63. The number of fused-ring (bicyclic) bond motifs is 6. The second-order valence-corrected chi connectivity index (χ2v) is 11.2. The van der Waals surface area contributed by atoms with Gasteiger partial charge in [0.1, 0.15) is 11.5 Å². The fraction of sp³-hybridized carbons (Fsp3) is 0.129.